The first-order valence-corrected chi connectivity index (χ1v) is 7.44. The molecule has 0 radical (unpaired) electrons. The van der Waals surface area contributed by atoms with Crippen molar-refractivity contribution in [1.82, 2.24) is 15.4 Å². The average molecular weight is 356 g/mol. The van der Waals surface area contributed by atoms with E-state index in [0.29, 0.717) is 0 Å². The van der Waals surface area contributed by atoms with Crippen molar-refractivity contribution in [3.05, 3.63) is 28.2 Å². The van der Waals surface area contributed by atoms with Gasteiger partial charge in [-0.1, -0.05) is 0 Å². The van der Waals surface area contributed by atoms with Crippen LogP contribution >= 0.6 is 7.82 Å². The molecule has 13 nitrogen and oxygen atoms in total. The van der Waals surface area contributed by atoms with Crippen molar-refractivity contribution in [3.8, 4) is 0 Å². The fourth-order valence-corrected chi connectivity index (χ4v) is 2.30. The summed E-state index contributed by atoms with van der Waals surface area (Å²) in [6.45, 7) is -0.719. The summed E-state index contributed by atoms with van der Waals surface area (Å²) in [6, 6.07) is 1.04. The van der Waals surface area contributed by atoms with E-state index in [1.807, 2.05) is 0 Å². The van der Waals surface area contributed by atoms with E-state index in [9.17, 15) is 24.8 Å². The van der Waals surface area contributed by atoms with E-state index in [1.165, 1.54) is 0 Å². The second-order valence-electron chi connectivity index (χ2n) is 4.54. The molecule has 1 aliphatic rings. The first kappa shape index (κ1) is 19.5. The van der Waals surface area contributed by atoms with Crippen molar-refractivity contribution in [1.29, 1.82) is 5.41 Å². The second kappa shape index (κ2) is 6.90. The van der Waals surface area contributed by atoms with Gasteiger partial charge in [-0.2, -0.15) is 0 Å². The molecule has 0 aromatic carbocycles. The molecular formula is C9H17N4O9P. The molecule has 23 heavy (non-hydrogen) atoms. The number of aliphatic hydroxyl groups is 2. The zero-order valence-electron chi connectivity index (χ0n) is 11.6. The normalized spacial score (nSPS) is 27.7. The van der Waals surface area contributed by atoms with E-state index < -0.39 is 50.1 Å². The maximum absolute atomic E-state index is 11.8. The van der Waals surface area contributed by atoms with Crippen LogP contribution in [-0.2, 0) is 13.8 Å². The lowest BCUT2D eigenvalue weighted by molar-refractivity contribution is -0.0571. The lowest BCUT2D eigenvalue weighted by Gasteiger charge is -2.17. The number of nitrogens with one attached hydrogen (secondary N) is 1. The highest BCUT2D eigenvalue weighted by Crippen LogP contribution is 2.38. The van der Waals surface area contributed by atoms with Crippen molar-refractivity contribution in [3.63, 3.8) is 0 Å². The molecule has 1 fully saturated rings. The van der Waals surface area contributed by atoms with Crippen LogP contribution in [0, 0.1) is 5.41 Å². The Morgan fingerprint density at radius 3 is 2.52 bits per heavy atom. The van der Waals surface area contributed by atoms with Crippen LogP contribution in [0.3, 0.4) is 0 Å². The summed E-state index contributed by atoms with van der Waals surface area (Å²) in [5.74, 6) is 0. The summed E-state index contributed by atoms with van der Waals surface area (Å²) in [7, 11) is -4.79. The minimum atomic E-state index is -4.79. The van der Waals surface area contributed by atoms with E-state index in [2.05, 4.69) is 4.52 Å². The Balaban J connectivity index is 0.00000264. The maximum Gasteiger partial charge on any atom is 0.469 e. The maximum atomic E-state index is 11.8. The monoisotopic (exact) mass is 356 g/mol. The van der Waals surface area contributed by atoms with E-state index in [1.54, 1.807) is 0 Å². The second-order valence-corrected chi connectivity index (χ2v) is 5.77. The third-order valence-electron chi connectivity index (χ3n) is 3.04. The molecule has 2 heterocycles. The van der Waals surface area contributed by atoms with Crippen LogP contribution < -0.4 is 17.3 Å². The third kappa shape index (κ3) is 4.04. The summed E-state index contributed by atoms with van der Waals surface area (Å²) in [5.41, 5.74) is -1.60. The number of hydrogen-bond donors (Lipinski definition) is 7. The molecule has 0 bridgehead atoms. The number of aliphatic hydroxyl groups excluding tert-OH is 2. The summed E-state index contributed by atoms with van der Waals surface area (Å²) < 4.78 is 20.7. The summed E-state index contributed by atoms with van der Waals surface area (Å²) in [4.78, 5) is 29.0. The summed E-state index contributed by atoms with van der Waals surface area (Å²) >= 11 is 0. The standard InChI is InChI=1S/C9H14N3O9P.H3N/c10-5-1-2-11(9(15)12(5)16)8-7(14)6(13)4(21-8)3-20-22(17,18)19;/h1-2,4,6-8,10,13-14,16H,3H2,(H2,17,18,19);1H3/t4-,6-,7-,8-;/m1./s1. The highest BCUT2D eigenvalue weighted by Gasteiger charge is 2.45. The summed E-state index contributed by atoms with van der Waals surface area (Å²) in [5, 5.41) is 36.2. The van der Waals surface area contributed by atoms with Gasteiger partial charge in [0.1, 0.15) is 18.3 Å². The van der Waals surface area contributed by atoms with Crippen molar-refractivity contribution < 1.29 is 39.0 Å². The van der Waals surface area contributed by atoms with E-state index in [4.69, 9.17) is 19.9 Å². The number of nitrogens with zero attached hydrogens (tertiary/aromatic N) is 2. The number of rotatable bonds is 4. The fourth-order valence-electron chi connectivity index (χ4n) is 1.96. The van der Waals surface area contributed by atoms with E-state index in [-0.39, 0.29) is 10.9 Å². The Morgan fingerprint density at radius 2 is 1.96 bits per heavy atom. The predicted molar refractivity (Wildman–Crippen MR) is 70.7 cm³/mol. The molecule has 1 aromatic heterocycles. The third-order valence-corrected chi connectivity index (χ3v) is 3.53. The van der Waals surface area contributed by atoms with Crippen LogP contribution in [0.4, 0.5) is 0 Å². The largest absolute Gasteiger partial charge is 0.469 e. The zero-order valence-corrected chi connectivity index (χ0v) is 12.5. The Kier molecular flexibility index (Phi) is 5.84. The Labute approximate surface area is 128 Å². The van der Waals surface area contributed by atoms with Crippen LogP contribution in [0.5, 0.6) is 0 Å². The van der Waals surface area contributed by atoms with Gasteiger partial charge in [0.05, 0.1) is 6.61 Å². The van der Waals surface area contributed by atoms with Gasteiger partial charge >= 0.3 is 13.5 Å². The Hall–Kier alpha value is -1.57. The molecule has 2 rings (SSSR count). The lowest BCUT2D eigenvalue weighted by atomic mass is 10.1. The molecule has 1 saturated heterocycles. The number of phosphoric acid groups is 1. The first-order chi connectivity index (χ1) is 10.1. The summed E-state index contributed by atoms with van der Waals surface area (Å²) in [6.07, 6.45) is -4.86. The molecule has 0 amide bonds. The van der Waals surface area contributed by atoms with Crippen molar-refractivity contribution >= 4 is 7.82 Å². The van der Waals surface area contributed by atoms with Crippen molar-refractivity contribution in [2.45, 2.75) is 24.5 Å². The van der Waals surface area contributed by atoms with Gasteiger partial charge in [-0.05, 0) is 0 Å². The number of aromatic nitrogens is 2. The van der Waals surface area contributed by atoms with Gasteiger partial charge in [-0.15, -0.1) is 4.73 Å². The minimum absolute atomic E-state index is 0. The molecule has 0 spiro atoms. The van der Waals surface area contributed by atoms with Gasteiger partial charge in [0, 0.05) is 12.3 Å². The quantitative estimate of drug-likeness (QED) is 0.217. The van der Waals surface area contributed by atoms with Gasteiger partial charge in [0.15, 0.2) is 11.7 Å². The molecule has 132 valence electrons. The van der Waals surface area contributed by atoms with Gasteiger partial charge in [-0.3, -0.25) is 14.5 Å². The smallest absolute Gasteiger partial charge is 0.422 e. The number of hydrogen-bond acceptors (Lipinski definition) is 9. The van der Waals surface area contributed by atoms with Crippen molar-refractivity contribution in [2.75, 3.05) is 6.61 Å². The van der Waals surface area contributed by atoms with Crippen LogP contribution in [0.1, 0.15) is 6.23 Å². The highest BCUT2D eigenvalue weighted by molar-refractivity contribution is 7.46. The average Bonchev–Trinajstić information content (AvgIpc) is 2.70. The lowest BCUT2D eigenvalue weighted by Crippen LogP contribution is -2.42. The predicted octanol–water partition coefficient (Wildman–Crippen LogP) is -2.74. The number of ether oxygens (including phenoxy) is 1. The van der Waals surface area contributed by atoms with Crippen LogP contribution in [0.15, 0.2) is 17.1 Å². The van der Waals surface area contributed by atoms with E-state index >= 15 is 0 Å². The molecule has 4 atom stereocenters. The van der Waals surface area contributed by atoms with Crippen LogP contribution in [-0.4, -0.2) is 59.4 Å². The van der Waals surface area contributed by atoms with Gasteiger partial charge in [0.2, 0.25) is 0 Å². The van der Waals surface area contributed by atoms with Crippen LogP contribution in [0.2, 0.25) is 0 Å². The molecule has 1 aliphatic heterocycles. The Morgan fingerprint density at radius 1 is 1.35 bits per heavy atom. The van der Waals surface area contributed by atoms with Gasteiger partial charge < -0.3 is 36.1 Å². The molecule has 14 heteroatoms. The fraction of sp³-hybridized carbons (Fsp3) is 0.556. The first-order valence-electron chi connectivity index (χ1n) is 5.91. The van der Waals surface area contributed by atoms with E-state index in [0.717, 1.165) is 16.8 Å². The van der Waals surface area contributed by atoms with Gasteiger partial charge in [-0.25, -0.2) is 9.36 Å². The molecule has 0 unspecified atom stereocenters. The Bertz CT molecular complexity index is 712. The molecule has 1 aromatic rings. The minimum Gasteiger partial charge on any atom is -0.422 e. The van der Waals surface area contributed by atoms with Crippen molar-refractivity contribution in [2.24, 2.45) is 0 Å². The SMILES string of the molecule is N.N=c1ccn([C@@H]2O[C@H](COP(=O)(O)O)[C@@H](O)[C@H]2O)c(=O)n1O. The zero-order chi connectivity index (χ0) is 16.7. The topological polar surface area (TPSA) is 222 Å². The molecular weight excluding hydrogens is 339 g/mol. The van der Waals surface area contributed by atoms with Gasteiger partial charge in [0.25, 0.3) is 0 Å². The highest BCUT2D eigenvalue weighted by atomic mass is 31.2. The molecule has 0 saturated carbocycles. The number of phosphoric ester groups is 1. The molecule has 0 aliphatic carbocycles. The molecule has 9 N–H and O–H groups in total. The van der Waals surface area contributed by atoms with Crippen LogP contribution in [0.25, 0.3) is 0 Å².